The van der Waals surface area contributed by atoms with Crippen LogP contribution >= 0.6 is 0 Å². The lowest BCUT2D eigenvalue weighted by atomic mass is 10.3. The number of pyridine rings is 1. The molecule has 0 radical (unpaired) electrons. The van der Waals surface area contributed by atoms with E-state index in [-0.39, 0.29) is 0 Å². The molecule has 2 rings (SSSR count). The second kappa shape index (κ2) is 4.35. The van der Waals surface area contributed by atoms with Gasteiger partial charge < -0.3 is 9.88 Å². The summed E-state index contributed by atoms with van der Waals surface area (Å²) >= 11 is 0. The Morgan fingerprint density at radius 2 is 2.12 bits per heavy atom. The third-order valence-corrected chi connectivity index (χ3v) is 2.26. The molecule has 2 aromatic heterocycles. The number of aryl methyl sites for hydroxylation is 1. The second-order valence-corrected chi connectivity index (χ2v) is 4.10. The summed E-state index contributed by atoms with van der Waals surface area (Å²) in [5.74, 6) is 0.897. The first-order valence-electron chi connectivity index (χ1n) is 5.37. The van der Waals surface area contributed by atoms with Crippen LogP contribution in [0.5, 0.6) is 0 Å². The van der Waals surface area contributed by atoms with Gasteiger partial charge in [-0.15, -0.1) is 0 Å². The van der Waals surface area contributed by atoms with E-state index in [1.165, 1.54) is 0 Å². The Morgan fingerprint density at radius 3 is 2.75 bits per heavy atom. The lowest BCUT2D eigenvalue weighted by Gasteiger charge is -2.10. The van der Waals surface area contributed by atoms with Crippen LogP contribution in [0.3, 0.4) is 0 Å². The van der Waals surface area contributed by atoms with E-state index in [1.807, 2.05) is 36.0 Å². The predicted molar refractivity (Wildman–Crippen MR) is 65.2 cm³/mol. The molecular formula is C12H16N4. The van der Waals surface area contributed by atoms with Gasteiger partial charge in [0.15, 0.2) is 0 Å². The molecule has 0 aliphatic carbocycles. The van der Waals surface area contributed by atoms with Crippen molar-refractivity contribution in [3.63, 3.8) is 0 Å². The molecule has 84 valence electrons. The molecule has 0 saturated carbocycles. The number of hydrogen-bond donors (Lipinski definition) is 1. The molecule has 0 fully saturated rings. The third-order valence-electron chi connectivity index (χ3n) is 2.26. The van der Waals surface area contributed by atoms with Gasteiger partial charge in [-0.25, -0.2) is 9.97 Å². The Kier molecular flexibility index (Phi) is 2.90. The first kappa shape index (κ1) is 10.7. The number of rotatable bonds is 3. The zero-order valence-electron chi connectivity index (χ0n) is 9.81. The van der Waals surface area contributed by atoms with Gasteiger partial charge in [-0.1, -0.05) is 6.07 Å². The molecule has 2 aromatic rings. The minimum Gasteiger partial charge on any atom is -0.368 e. The van der Waals surface area contributed by atoms with Gasteiger partial charge in [0.25, 0.3) is 0 Å². The first-order chi connectivity index (χ1) is 7.66. The monoisotopic (exact) mass is 216 g/mol. The van der Waals surface area contributed by atoms with E-state index < -0.39 is 0 Å². The Labute approximate surface area is 95.4 Å². The molecule has 1 N–H and O–H groups in total. The fourth-order valence-corrected chi connectivity index (χ4v) is 1.56. The molecular weight excluding hydrogens is 200 g/mol. The quantitative estimate of drug-likeness (QED) is 0.856. The number of imidazole rings is 1. The van der Waals surface area contributed by atoms with Crippen LogP contribution in [-0.4, -0.2) is 20.6 Å². The van der Waals surface area contributed by atoms with Crippen molar-refractivity contribution in [2.75, 3.05) is 5.32 Å². The average Bonchev–Trinajstić information content (AvgIpc) is 2.64. The summed E-state index contributed by atoms with van der Waals surface area (Å²) in [6, 6.07) is 6.34. The molecule has 0 bridgehead atoms. The highest BCUT2D eigenvalue weighted by Gasteiger charge is 2.05. The molecule has 0 aliphatic rings. The van der Waals surface area contributed by atoms with Crippen LogP contribution in [0.4, 0.5) is 5.82 Å². The van der Waals surface area contributed by atoms with Gasteiger partial charge in [0.05, 0.1) is 23.9 Å². The van der Waals surface area contributed by atoms with Crippen molar-refractivity contribution in [1.82, 2.24) is 14.5 Å². The summed E-state index contributed by atoms with van der Waals surface area (Å²) in [7, 11) is 1.96. The van der Waals surface area contributed by atoms with E-state index in [0.29, 0.717) is 6.04 Å². The van der Waals surface area contributed by atoms with Crippen molar-refractivity contribution in [2.45, 2.75) is 19.9 Å². The standard InChI is InChI=1S/C12H16N4/c1-9(2)14-12-6-4-5-10(15-12)11-7-13-8-16(11)3/h4-9H,1-3H3,(H,14,15). The molecule has 0 saturated heterocycles. The average molecular weight is 216 g/mol. The van der Waals surface area contributed by atoms with Crippen molar-refractivity contribution < 1.29 is 0 Å². The maximum Gasteiger partial charge on any atom is 0.126 e. The van der Waals surface area contributed by atoms with Gasteiger partial charge in [-0.3, -0.25) is 0 Å². The Hall–Kier alpha value is -1.84. The highest BCUT2D eigenvalue weighted by atomic mass is 15.1. The lowest BCUT2D eigenvalue weighted by Crippen LogP contribution is -2.11. The van der Waals surface area contributed by atoms with E-state index in [0.717, 1.165) is 17.2 Å². The number of aromatic nitrogens is 3. The summed E-state index contributed by atoms with van der Waals surface area (Å²) in [6.45, 7) is 4.19. The predicted octanol–water partition coefficient (Wildman–Crippen LogP) is 2.30. The van der Waals surface area contributed by atoms with Crippen molar-refractivity contribution in [3.05, 3.63) is 30.7 Å². The topological polar surface area (TPSA) is 42.7 Å². The van der Waals surface area contributed by atoms with Gasteiger partial charge in [0.1, 0.15) is 5.82 Å². The van der Waals surface area contributed by atoms with Gasteiger partial charge in [0.2, 0.25) is 0 Å². The van der Waals surface area contributed by atoms with Crippen LogP contribution in [0.25, 0.3) is 11.4 Å². The molecule has 0 amide bonds. The molecule has 0 aliphatic heterocycles. The summed E-state index contributed by atoms with van der Waals surface area (Å²) < 4.78 is 1.96. The second-order valence-electron chi connectivity index (χ2n) is 4.10. The summed E-state index contributed by atoms with van der Waals surface area (Å²) in [5.41, 5.74) is 1.96. The van der Waals surface area contributed by atoms with Crippen molar-refractivity contribution in [1.29, 1.82) is 0 Å². The first-order valence-corrected chi connectivity index (χ1v) is 5.37. The maximum absolute atomic E-state index is 4.54. The molecule has 2 heterocycles. The normalized spacial score (nSPS) is 10.8. The van der Waals surface area contributed by atoms with E-state index >= 15 is 0 Å². The number of anilines is 1. The molecule has 16 heavy (non-hydrogen) atoms. The van der Waals surface area contributed by atoms with Crippen molar-refractivity contribution in [3.8, 4) is 11.4 Å². The van der Waals surface area contributed by atoms with Crippen LogP contribution in [0, 0.1) is 0 Å². The molecule has 0 aromatic carbocycles. The lowest BCUT2D eigenvalue weighted by molar-refractivity contribution is 0.886. The Morgan fingerprint density at radius 1 is 1.31 bits per heavy atom. The van der Waals surface area contributed by atoms with E-state index in [9.17, 15) is 0 Å². The molecule has 0 unspecified atom stereocenters. The van der Waals surface area contributed by atoms with E-state index in [2.05, 4.69) is 29.1 Å². The fourth-order valence-electron chi connectivity index (χ4n) is 1.56. The molecule has 4 heteroatoms. The minimum absolute atomic E-state index is 0.384. The summed E-state index contributed by atoms with van der Waals surface area (Å²) in [4.78, 5) is 8.64. The fraction of sp³-hybridized carbons (Fsp3) is 0.333. The third kappa shape index (κ3) is 2.21. The minimum atomic E-state index is 0.384. The van der Waals surface area contributed by atoms with Crippen molar-refractivity contribution >= 4 is 5.82 Å². The zero-order chi connectivity index (χ0) is 11.5. The Bertz CT molecular complexity index is 473. The molecule has 0 spiro atoms. The number of nitrogens with zero attached hydrogens (tertiary/aromatic N) is 3. The van der Waals surface area contributed by atoms with Crippen LogP contribution in [0.2, 0.25) is 0 Å². The van der Waals surface area contributed by atoms with Gasteiger partial charge in [0, 0.05) is 13.1 Å². The number of hydrogen-bond acceptors (Lipinski definition) is 3. The van der Waals surface area contributed by atoms with Crippen LogP contribution in [0.1, 0.15) is 13.8 Å². The van der Waals surface area contributed by atoms with Crippen molar-refractivity contribution in [2.24, 2.45) is 7.05 Å². The van der Waals surface area contributed by atoms with Gasteiger partial charge in [-0.2, -0.15) is 0 Å². The molecule has 4 nitrogen and oxygen atoms in total. The van der Waals surface area contributed by atoms with E-state index in [4.69, 9.17) is 0 Å². The SMILES string of the molecule is CC(C)Nc1cccc(-c2cncn2C)n1. The number of nitrogens with one attached hydrogen (secondary N) is 1. The highest BCUT2D eigenvalue weighted by molar-refractivity contribution is 5.56. The summed E-state index contributed by atoms with van der Waals surface area (Å²) in [5, 5.41) is 3.29. The van der Waals surface area contributed by atoms with Crippen LogP contribution in [-0.2, 0) is 7.05 Å². The highest BCUT2D eigenvalue weighted by Crippen LogP contribution is 2.17. The maximum atomic E-state index is 4.54. The smallest absolute Gasteiger partial charge is 0.126 e. The Balaban J connectivity index is 2.33. The zero-order valence-corrected chi connectivity index (χ0v) is 9.81. The van der Waals surface area contributed by atoms with Crippen LogP contribution < -0.4 is 5.32 Å². The van der Waals surface area contributed by atoms with Crippen LogP contribution in [0.15, 0.2) is 30.7 Å². The van der Waals surface area contributed by atoms with Gasteiger partial charge in [-0.05, 0) is 26.0 Å². The van der Waals surface area contributed by atoms with E-state index in [1.54, 1.807) is 6.33 Å². The molecule has 0 atom stereocenters. The summed E-state index contributed by atoms with van der Waals surface area (Å²) in [6.07, 6.45) is 3.60. The van der Waals surface area contributed by atoms with Gasteiger partial charge >= 0.3 is 0 Å². The largest absolute Gasteiger partial charge is 0.368 e.